The molecule has 0 atom stereocenters. The van der Waals surface area contributed by atoms with Crippen molar-refractivity contribution in [1.82, 2.24) is 14.8 Å². The van der Waals surface area contributed by atoms with Crippen molar-refractivity contribution in [2.24, 2.45) is 7.05 Å². The lowest BCUT2D eigenvalue weighted by Gasteiger charge is -2.07. The molecule has 0 bridgehead atoms. The van der Waals surface area contributed by atoms with Crippen molar-refractivity contribution in [3.63, 3.8) is 0 Å². The summed E-state index contributed by atoms with van der Waals surface area (Å²) in [6.45, 7) is 1.54. The standard InChI is InChI=1S/C16H10Cl2F3N3O3S/c1-4-6(25)26-16-22-12-8(17)5(2)10(19)7(13(12)28-16)11-9(18)14(24(3)23-11)27-15(20)21/h4,15H,1H2,2-3H3. The van der Waals surface area contributed by atoms with Gasteiger partial charge in [0.15, 0.2) is 0 Å². The van der Waals surface area contributed by atoms with Gasteiger partial charge in [-0.1, -0.05) is 41.1 Å². The molecule has 0 saturated carbocycles. The maximum Gasteiger partial charge on any atom is 0.388 e. The third-order valence-electron chi connectivity index (χ3n) is 3.65. The Kier molecular flexibility index (Phi) is 5.55. The molecule has 0 radical (unpaired) electrons. The van der Waals surface area contributed by atoms with Crippen LogP contribution in [0.4, 0.5) is 13.2 Å². The van der Waals surface area contributed by atoms with Crippen LogP contribution >= 0.6 is 34.5 Å². The summed E-state index contributed by atoms with van der Waals surface area (Å²) in [5.74, 6) is -1.97. The largest absolute Gasteiger partial charge is 0.416 e. The van der Waals surface area contributed by atoms with Crippen LogP contribution in [0.5, 0.6) is 11.1 Å². The number of hydrogen-bond acceptors (Lipinski definition) is 6. The topological polar surface area (TPSA) is 66.2 Å². The predicted octanol–water partition coefficient (Wildman–Crippen LogP) is 5.14. The van der Waals surface area contributed by atoms with Gasteiger partial charge in [0.2, 0.25) is 5.88 Å². The lowest BCUT2D eigenvalue weighted by Crippen LogP contribution is -2.06. The first-order valence-corrected chi connectivity index (χ1v) is 9.02. The van der Waals surface area contributed by atoms with Crippen molar-refractivity contribution >= 4 is 50.7 Å². The number of alkyl halides is 2. The van der Waals surface area contributed by atoms with E-state index in [0.29, 0.717) is 0 Å². The van der Waals surface area contributed by atoms with Crippen LogP contribution in [0.25, 0.3) is 21.5 Å². The Hall–Kier alpha value is -2.30. The number of esters is 1. The SMILES string of the molecule is C=CC(=O)Oc1nc2c(Cl)c(C)c(F)c(-c3nn(C)c(OC(F)F)c3Cl)c2s1. The molecule has 0 aliphatic carbocycles. The van der Waals surface area contributed by atoms with Crippen molar-refractivity contribution in [1.29, 1.82) is 0 Å². The van der Waals surface area contributed by atoms with E-state index in [1.54, 1.807) is 0 Å². The minimum absolute atomic E-state index is 0.00418. The highest BCUT2D eigenvalue weighted by Gasteiger charge is 2.28. The fourth-order valence-corrected chi connectivity index (χ4v) is 3.96. The summed E-state index contributed by atoms with van der Waals surface area (Å²) >= 11 is 13.1. The monoisotopic (exact) mass is 451 g/mol. The number of thiazole rings is 1. The highest BCUT2D eigenvalue weighted by molar-refractivity contribution is 7.21. The molecule has 2 aromatic heterocycles. The maximum atomic E-state index is 15.1. The zero-order chi connectivity index (χ0) is 20.7. The van der Waals surface area contributed by atoms with E-state index in [9.17, 15) is 13.6 Å². The van der Waals surface area contributed by atoms with Crippen LogP contribution in [-0.2, 0) is 11.8 Å². The van der Waals surface area contributed by atoms with E-state index in [4.69, 9.17) is 27.9 Å². The molecule has 0 unspecified atom stereocenters. The van der Waals surface area contributed by atoms with Crippen LogP contribution in [0, 0.1) is 12.7 Å². The van der Waals surface area contributed by atoms with E-state index >= 15 is 4.39 Å². The number of aryl methyl sites for hydroxylation is 1. The van der Waals surface area contributed by atoms with E-state index in [1.165, 1.54) is 14.0 Å². The second-order valence-corrected chi connectivity index (χ2v) is 7.10. The van der Waals surface area contributed by atoms with E-state index in [-0.39, 0.29) is 42.3 Å². The average Bonchev–Trinajstić information content (AvgIpc) is 3.16. The molecule has 0 fully saturated rings. The van der Waals surface area contributed by atoms with E-state index < -0.39 is 24.3 Å². The fourth-order valence-electron chi connectivity index (χ4n) is 2.42. The number of carbonyl (C=O) groups excluding carboxylic acids is 1. The van der Waals surface area contributed by atoms with Crippen LogP contribution in [-0.4, -0.2) is 27.3 Å². The number of nitrogens with zero attached hydrogens (tertiary/aromatic N) is 3. The predicted molar refractivity (Wildman–Crippen MR) is 99.0 cm³/mol. The number of hydrogen-bond donors (Lipinski definition) is 0. The molecule has 12 heteroatoms. The molecule has 1 aromatic carbocycles. The summed E-state index contributed by atoms with van der Waals surface area (Å²) in [5.41, 5.74) is -0.0908. The van der Waals surface area contributed by atoms with E-state index in [1.807, 2.05) is 0 Å². The van der Waals surface area contributed by atoms with Gasteiger partial charge in [-0.15, -0.1) is 0 Å². The highest BCUT2D eigenvalue weighted by atomic mass is 35.5. The first-order chi connectivity index (χ1) is 13.1. The summed E-state index contributed by atoms with van der Waals surface area (Å²) in [7, 11) is 1.31. The number of ether oxygens (including phenoxy) is 2. The first kappa shape index (κ1) is 20.4. The Labute approximate surface area is 170 Å². The van der Waals surface area contributed by atoms with Crippen LogP contribution in [0.2, 0.25) is 10.0 Å². The Morgan fingerprint density at radius 2 is 2.04 bits per heavy atom. The third kappa shape index (κ3) is 3.43. The van der Waals surface area contributed by atoms with E-state index in [0.717, 1.165) is 22.1 Å². The van der Waals surface area contributed by atoms with Crippen molar-refractivity contribution < 1.29 is 27.4 Å². The minimum Gasteiger partial charge on any atom is -0.416 e. The van der Waals surface area contributed by atoms with Crippen LogP contribution < -0.4 is 9.47 Å². The molecule has 0 amide bonds. The quantitative estimate of drug-likeness (QED) is 0.396. The molecule has 0 spiro atoms. The number of benzene rings is 1. The van der Waals surface area contributed by atoms with Crippen LogP contribution in [0.1, 0.15) is 5.56 Å². The molecule has 28 heavy (non-hydrogen) atoms. The second-order valence-electron chi connectivity index (χ2n) is 5.38. The molecular weight excluding hydrogens is 442 g/mol. The van der Waals surface area contributed by atoms with Gasteiger partial charge in [-0.25, -0.2) is 18.9 Å². The van der Waals surface area contributed by atoms with Crippen molar-refractivity contribution in [2.75, 3.05) is 0 Å². The zero-order valence-electron chi connectivity index (χ0n) is 14.2. The van der Waals surface area contributed by atoms with Gasteiger partial charge in [-0.2, -0.15) is 13.9 Å². The van der Waals surface area contributed by atoms with Gasteiger partial charge < -0.3 is 9.47 Å². The molecule has 148 valence electrons. The molecule has 6 nitrogen and oxygen atoms in total. The molecule has 3 aromatic rings. The third-order valence-corrected chi connectivity index (χ3v) is 5.41. The number of aromatic nitrogens is 3. The summed E-state index contributed by atoms with van der Waals surface area (Å²) in [5, 5.41) is 3.58. The number of halogens is 5. The smallest absolute Gasteiger partial charge is 0.388 e. The minimum atomic E-state index is -3.15. The van der Waals surface area contributed by atoms with Gasteiger partial charge in [0.1, 0.15) is 22.1 Å². The van der Waals surface area contributed by atoms with Crippen molar-refractivity contribution in [3.05, 3.63) is 34.1 Å². The van der Waals surface area contributed by atoms with Gasteiger partial charge in [0, 0.05) is 18.7 Å². The van der Waals surface area contributed by atoms with Crippen molar-refractivity contribution in [3.8, 4) is 22.3 Å². The first-order valence-electron chi connectivity index (χ1n) is 7.45. The van der Waals surface area contributed by atoms with Crippen molar-refractivity contribution in [2.45, 2.75) is 13.5 Å². The van der Waals surface area contributed by atoms with Gasteiger partial charge in [-0.3, -0.25) is 0 Å². The normalized spacial score (nSPS) is 11.3. The fraction of sp³-hybridized carbons (Fsp3) is 0.188. The highest BCUT2D eigenvalue weighted by Crippen LogP contribution is 2.46. The Balaban J connectivity index is 2.29. The molecule has 2 heterocycles. The summed E-state index contributed by atoms with van der Waals surface area (Å²) in [6.07, 6.45) is 0.935. The number of fused-ring (bicyclic) bond motifs is 1. The Morgan fingerprint density at radius 1 is 1.36 bits per heavy atom. The molecule has 0 saturated heterocycles. The zero-order valence-corrected chi connectivity index (χ0v) is 16.6. The number of carbonyl (C=O) groups is 1. The molecule has 0 aliphatic rings. The molecule has 0 aliphatic heterocycles. The second kappa shape index (κ2) is 7.61. The van der Waals surface area contributed by atoms with E-state index in [2.05, 4.69) is 21.4 Å². The van der Waals surface area contributed by atoms with Crippen LogP contribution in [0.3, 0.4) is 0 Å². The van der Waals surface area contributed by atoms with Gasteiger partial charge >= 0.3 is 12.6 Å². The number of rotatable bonds is 5. The van der Waals surface area contributed by atoms with Gasteiger partial charge in [0.05, 0.1) is 15.3 Å². The van der Waals surface area contributed by atoms with Crippen LogP contribution in [0.15, 0.2) is 12.7 Å². The average molecular weight is 452 g/mol. The maximum absolute atomic E-state index is 15.1. The Morgan fingerprint density at radius 3 is 2.64 bits per heavy atom. The van der Waals surface area contributed by atoms with Gasteiger partial charge in [0.25, 0.3) is 5.19 Å². The summed E-state index contributed by atoms with van der Waals surface area (Å²) < 4.78 is 50.8. The summed E-state index contributed by atoms with van der Waals surface area (Å²) in [6, 6.07) is 0. The molecule has 3 rings (SSSR count). The molecule has 0 N–H and O–H groups in total. The Bertz CT molecular complexity index is 1110. The lowest BCUT2D eigenvalue weighted by molar-refractivity contribution is -0.128. The summed E-state index contributed by atoms with van der Waals surface area (Å²) in [4.78, 5) is 15.5. The molecular formula is C16H10Cl2F3N3O3S. The lowest BCUT2D eigenvalue weighted by atomic mass is 10.1. The van der Waals surface area contributed by atoms with Gasteiger partial charge in [-0.05, 0) is 6.92 Å².